The monoisotopic (exact) mass is 329 g/mol. The molecule has 0 saturated heterocycles. The summed E-state index contributed by atoms with van der Waals surface area (Å²) in [5.41, 5.74) is 1.11. The molecule has 0 bridgehead atoms. The molecular weight excluding hydrogens is 306 g/mol. The Kier molecular flexibility index (Phi) is 6.30. The van der Waals surface area contributed by atoms with E-state index in [2.05, 4.69) is 34.2 Å². The molecule has 1 N–H and O–H groups in total. The van der Waals surface area contributed by atoms with Crippen LogP contribution in [0.4, 0.5) is 0 Å². The fraction of sp³-hybridized carbons (Fsp3) is 0.600. The van der Waals surface area contributed by atoms with Gasteiger partial charge in [0, 0.05) is 10.5 Å². The Bertz CT molecular complexity index is 402. The van der Waals surface area contributed by atoms with Gasteiger partial charge < -0.3 is 14.8 Å². The summed E-state index contributed by atoms with van der Waals surface area (Å²) in [7, 11) is 1.95. The van der Waals surface area contributed by atoms with Crippen molar-refractivity contribution < 1.29 is 9.47 Å². The molecule has 3 nitrogen and oxygen atoms in total. The largest absolute Gasteiger partial charge is 0.491 e. The smallest absolute Gasteiger partial charge is 0.120 e. The van der Waals surface area contributed by atoms with E-state index in [9.17, 15) is 0 Å². The number of benzene rings is 1. The quantitative estimate of drug-likeness (QED) is 0.802. The molecule has 1 atom stereocenters. The number of halogens is 1. The normalized spacial score (nSPS) is 13.4. The molecule has 0 aliphatic carbocycles. The molecule has 0 amide bonds. The Morgan fingerprint density at radius 1 is 1.26 bits per heavy atom. The van der Waals surface area contributed by atoms with E-state index in [1.807, 2.05) is 40.0 Å². The summed E-state index contributed by atoms with van der Waals surface area (Å²) in [6, 6.07) is 6.38. The molecule has 19 heavy (non-hydrogen) atoms. The predicted octanol–water partition coefficient (Wildman–Crippen LogP) is 3.92. The third kappa shape index (κ3) is 5.93. The molecule has 0 radical (unpaired) electrons. The number of hydrogen-bond acceptors (Lipinski definition) is 3. The van der Waals surface area contributed by atoms with Gasteiger partial charge in [-0.05, 0) is 52.4 Å². The van der Waals surface area contributed by atoms with Crippen LogP contribution in [0.15, 0.2) is 22.7 Å². The van der Waals surface area contributed by atoms with E-state index in [4.69, 9.17) is 9.47 Å². The van der Waals surface area contributed by atoms with Gasteiger partial charge in [-0.15, -0.1) is 0 Å². The van der Waals surface area contributed by atoms with Crippen LogP contribution < -0.4 is 10.1 Å². The molecule has 1 aromatic carbocycles. The molecule has 0 aliphatic rings. The lowest BCUT2D eigenvalue weighted by Gasteiger charge is -2.19. The minimum absolute atomic E-state index is 0.115. The van der Waals surface area contributed by atoms with E-state index in [0.717, 1.165) is 10.2 Å². The van der Waals surface area contributed by atoms with Crippen LogP contribution in [-0.4, -0.2) is 25.9 Å². The molecular formula is C15H24BrNO2. The van der Waals surface area contributed by atoms with Crippen molar-refractivity contribution in [3.63, 3.8) is 0 Å². The Balaban J connectivity index is 2.50. The minimum Gasteiger partial charge on any atom is -0.491 e. The zero-order valence-corrected chi connectivity index (χ0v) is 14.0. The summed E-state index contributed by atoms with van der Waals surface area (Å²) in [5.74, 6) is 0.858. The van der Waals surface area contributed by atoms with Crippen LogP contribution in [0.2, 0.25) is 0 Å². The topological polar surface area (TPSA) is 30.5 Å². The number of ether oxygens (including phenoxy) is 2. The molecule has 0 spiro atoms. The van der Waals surface area contributed by atoms with Crippen molar-refractivity contribution in [2.45, 2.75) is 39.3 Å². The third-order valence-electron chi connectivity index (χ3n) is 2.76. The standard InChI is InChI=1S/C15H24BrNO2/c1-11(17-5)13-7-6-12(10-14(13)16)18-8-9-19-15(2,3)4/h6-7,10-11,17H,8-9H2,1-5H3. The fourth-order valence-electron chi connectivity index (χ4n) is 1.61. The zero-order valence-electron chi connectivity index (χ0n) is 12.4. The fourth-order valence-corrected chi connectivity index (χ4v) is 2.31. The molecule has 1 aromatic rings. The van der Waals surface area contributed by atoms with Crippen LogP contribution >= 0.6 is 15.9 Å². The van der Waals surface area contributed by atoms with Crippen molar-refractivity contribution in [1.82, 2.24) is 5.32 Å². The van der Waals surface area contributed by atoms with Crippen LogP contribution in [-0.2, 0) is 4.74 Å². The predicted molar refractivity (Wildman–Crippen MR) is 82.8 cm³/mol. The van der Waals surface area contributed by atoms with Crippen molar-refractivity contribution in [2.75, 3.05) is 20.3 Å². The van der Waals surface area contributed by atoms with Gasteiger partial charge in [0.25, 0.3) is 0 Å². The molecule has 0 heterocycles. The van der Waals surface area contributed by atoms with Crippen molar-refractivity contribution in [3.8, 4) is 5.75 Å². The van der Waals surface area contributed by atoms with Crippen molar-refractivity contribution in [2.24, 2.45) is 0 Å². The number of rotatable bonds is 6. The molecule has 0 fully saturated rings. The second-order valence-electron chi connectivity index (χ2n) is 5.50. The lowest BCUT2D eigenvalue weighted by Crippen LogP contribution is -2.22. The van der Waals surface area contributed by atoms with Crippen molar-refractivity contribution in [1.29, 1.82) is 0 Å². The maximum Gasteiger partial charge on any atom is 0.120 e. The van der Waals surface area contributed by atoms with Crippen LogP contribution in [0.3, 0.4) is 0 Å². The van der Waals surface area contributed by atoms with Crippen molar-refractivity contribution in [3.05, 3.63) is 28.2 Å². The highest BCUT2D eigenvalue weighted by Crippen LogP contribution is 2.27. The van der Waals surface area contributed by atoms with Crippen LogP contribution in [0.25, 0.3) is 0 Å². The van der Waals surface area contributed by atoms with E-state index in [1.165, 1.54) is 5.56 Å². The second-order valence-corrected chi connectivity index (χ2v) is 6.36. The first-order valence-corrected chi connectivity index (χ1v) is 7.36. The lowest BCUT2D eigenvalue weighted by molar-refractivity contribution is -0.0163. The molecule has 1 rings (SSSR count). The maximum atomic E-state index is 5.68. The first-order chi connectivity index (χ1) is 8.83. The van der Waals surface area contributed by atoms with E-state index in [0.29, 0.717) is 19.3 Å². The maximum absolute atomic E-state index is 5.68. The average molecular weight is 330 g/mol. The van der Waals surface area contributed by atoms with E-state index in [1.54, 1.807) is 0 Å². The Hall–Kier alpha value is -0.580. The van der Waals surface area contributed by atoms with E-state index < -0.39 is 0 Å². The SMILES string of the molecule is CNC(C)c1ccc(OCCOC(C)(C)C)cc1Br. The van der Waals surface area contributed by atoms with Crippen LogP contribution in [0, 0.1) is 0 Å². The zero-order chi connectivity index (χ0) is 14.5. The van der Waals surface area contributed by atoms with Gasteiger partial charge in [-0.25, -0.2) is 0 Å². The highest BCUT2D eigenvalue weighted by molar-refractivity contribution is 9.10. The van der Waals surface area contributed by atoms with Crippen LogP contribution in [0.5, 0.6) is 5.75 Å². The Morgan fingerprint density at radius 3 is 2.47 bits per heavy atom. The summed E-state index contributed by atoms with van der Waals surface area (Å²) in [5, 5.41) is 3.22. The van der Waals surface area contributed by atoms with Gasteiger partial charge in [0.1, 0.15) is 12.4 Å². The molecule has 108 valence electrons. The average Bonchev–Trinajstić information content (AvgIpc) is 2.33. The first-order valence-electron chi connectivity index (χ1n) is 6.57. The molecule has 4 heteroatoms. The van der Waals surface area contributed by atoms with Gasteiger partial charge in [-0.1, -0.05) is 22.0 Å². The Labute approximate surface area is 124 Å². The van der Waals surface area contributed by atoms with Gasteiger partial charge in [0.2, 0.25) is 0 Å². The highest BCUT2D eigenvalue weighted by Gasteiger charge is 2.10. The Morgan fingerprint density at radius 2 is 1.95 bits per heavy atom. The van der Waals surface area contributed by atoms with Gasteiger partial charge in [0.05, 0.1) is 12.2 Å². The van der Waals surface area contributed by atoms with Crippen LogP contribution in [0.1, 0.15) is 39.3 Å². The van der Waals surface area contributed by atoms with Gasteiger partial charge >= 0.3 is 0 Å². The first kappa shape index (κ1) is 16.5. The van der Waals surface area contributed by atoms with Crippen molar-refractivity contribution >= 4 is 15.9 Å². The molecule has 0 aliphatic heterocycles. The second kappa shape index (κ2) is 7.27. The lowest BCUT2D eigenvalue weighted by atomic mass is 10.1. The van der Waals surface area contributed by atoms with Gasteiger partial charge in [0.15, 0.2) is 0 Å². The summed E-state index contributed by atoms with van der Waals surface area (Å²) in [4.78, 5) is 0. The van der Waals surface area contributed by atoms with E-state index >= 15 is 0 Å². The minimum atomic E-state index is -0.115. The number of nitrogens with one attached hydrogen (secondary N) is 1. The molecule has 1 unspecified atom stereocenters. The van der Waals surface area contributed by atoms with Gasteiger partial charge in [-0.2, -0.15) is 0 Å². The molecule has 0 saturated carbocycles. The highest BCUT2D eigenvalue weighted by atomic mass is 79.9. The summed E-state index contributed by atoms with van der Waals surface area (Å²) in [6.07, 6.45) is 0. The van der Waals surface area contributed by atoms with E-state index in [-0.39, 0.29) is 5.60 Å². The summed E-state index contributed by atoms with van der Waals surface area (Å²) >= 11 is 3.58. The third-order valence-corrected chi connectivity index (χ3v) is 3.45. The van der Waals surface area contributed by atoms with Gasteiger partial charge in [-0.3, -0.25) is 0 Å². The summed E-state index contributed by atoms with van der Waals surface area (Å²) in [6.45, 7) is 9.39. The molecule has 0 aromatic heterocycles. The number of hydrogen-bond donors (Lipinski definition) is 1. The summed E-state index contributed by atoms with van der Waals surface area (Å²) < 4.78 is 12.3.